The van der Waals surface area contributed by atoms with Crippen LogP contribution in [-0.4, -0.2) is 34.0 Å². The SMILES string of the molecule is CCCc1c(OCCCn2ccc3c(OC(C)(C)C(=O)OC(C)CC)cccc32)ccc2c(C(F)(F)F)noc12. The molecule has 10 heteroatoms. The van der Waals surface area contributed by atoms with Gasteiger partial charge < -0.3 is 23.3 Å². The van der Waals surface area contributed by atoms with Crippen LogP contribution in [0.5, 0.6) is 11.5 Å². The summed E-state index contributed by atoms with van der Waals surface area (Å²) in [6.45, 7) is 10.1. The van der Waals surface area contributed by atoms with Crippen LogP contribution in [0.2, 0.25) is 0 Å². The van der Waals surface area contributed by atoms with Gasteiger partial charge in [-0.1, -0.05) is 31.5 Å². The zero-order valence-corrected chi connectivity index (χ0v) is 23.4. The molecule has 40 heavy (non-hydrogen) atoms. The summed E-state index contributed by atoms with van der Waals surface area (Å²) < 4.78 is 64.6. The van der Waals surface area contributed by atoms with Crippen molar-refractivity contribution in [3.8, 4) is 11.5 Å². The first kappa shape index (κ1) is 29.3. The van der Waals surface area contributed by atoms with Gasteiger partial charge >= 0.3 is 12.1 Å². The maximum atomic E-state index is 13.3. The quantitative estimate of drug-likeness (QED) is 0.130. The highest BCUT2D eigenvalue weighted by atomic mass is 19.4. The largest absolute Gasteiger partial charge is 0.493 e. The molecule has 4 rings (SSSR count). The molecule has 2 aromatic carbocycles. The molecule has 1 unspecified atom stereocenters. The molecule has 0 N–H and O–H groups in total. The number of carbonyl (C=O) groups excluding carboxylic acids is 1. The first-order chi connectivity index (χ1) is 19.0. The van der Waals surface area contributed by atoms with Crippen molar-refractivity contribution in [2.75, 3.05) is 6.61 Å². The van der Waals surface area contributed by atoms with Crippen LogP contribution in [0, 0.1) is 0 Å². The van der Waals surface area contributed by atoms with Gasteiger partial charge in [-0.15, -0.1) is 0 Å². The van der Waals surface area contributed by atoms with E-state index in [9.17, 15) is 18.0 Å². The first-order valence-corrected chi connectivity index (χ1v) is 13.6. The van der Waals surface area contributed by atoms with Gasteiger partial charge in [-0.25, -0.2) is 4.79 Å². The third-order valence-electron chi connectivity index (χ3n) is 6.78. The summed E-state index contributed by atoms with van der Waals surface area (Å²) >= 11 is 0. The van der Waals surface area contributed by atoms with Crippen LogP contribution in [0.4, 0.5) is 13.2 Å². The highest BCUT2D eigenvalue weighted by molar-refractivity contribution is 5.88. The lowest BCUT2D eigenvalue weighted by molar-refractivity contribution is -0.164. The third-order valence-corrected chi connectivity index (χ3v) is 6.78. The fourth-order valence-electron chi connectivity index (χ4n) is 4.49. The number of esters is 1. The molecule has 2 aromatic heterocycles. The van der Waals surface area contributed by atoms with Crippen molar-refractivity contribution < 1.29 is 36.7 Å². The minimum absolute atomic E-state index is 0.0588. The molecular formula is C30H35F3N2O5. The van der Waals surface area contributed by atoms with E-state index in [1.807, 2.05) is 51.2 Å². The van der Waals surface area contributed by atoms with Crippen molar-refractivity contribution >= 4 is 27.8 Å². The topological polar surface area (TPSA) is 75.7 Å². The zero-order valence-electron chi connectivity index (χ0n) is 23.4. The van der Waals surface area contributed by atoms with Crippen molar-refractivity contribution in [3.63, 3.8) is 0 Å². The van der Waals surface area contributed by atoms with Crippen molar-refractivity contribution in [2.24, 2.45) is 0 Å². The predicted octanol–water partition coefficient (Wildman–Crippen LogP) is 7.72. The van der Waals surface area contributed by atoms with E-state index in [0.29, 0.717) is 49.5 Å². The lowest BCUT2D eigenvalue weighted by Gasteiger charge is -2.26. The summed E-state index contributed by atoms with van der Waals surface area (Å²) in [5.41, 5.74) is -0.532. The van der Waals surface area contributed by atoms with Gasteiger partial charge in [0.25, 0.3) is 0 Å². The number of hydrogen-bond donors (Lipinski definition) is 0. The van der Waals surface area contributed by atoms with Crippen molar-refractivity contribution in [1.29, 1.82) is 0 Å². The number of ether oxygens (including phenoxy) is 3. The summed E-state index contributed by atoms with van der Waals surface area (Å²) in [5, 5.41) is 4.08. The molecule has 0 radical (unpaired) electrons. The number of aryl methyl sites for hydroxylation is 2. The van der Waals surface area contributed by atoms with Gasteiger partial charge in [0.15, 0.2) is 16.9 Å². The van der Waals surface area contributed by atoms with Gasteiger partial charge in [0.1, 0.15) is 11.5 Å². The lowest BCUT2D eigenvalue weighted by Crippen LogP contribution is -2.41. The second-order valence-corrected chi connectivity index (χ2v) is 10.3. The Morgan fingerprint density at radius 3 is 2.55 bits per heavy atom. The number of carbonyl (C=O) groups is 1. The van der Waals surface area contributed by atoms with Crippen LogP contribution < -0.4 is 9.47 Å². The molecule has 0 aliphatic heterocycles. The number of nitrogens with zero attached hydrogens (tertiary/aromatic N) is 2. The van der Waals surface area contributed by atoms with E-state index in [1.54, 1.807) is 19.9 Å². The average molecular weight is 561 g/mol. The van der Waals surface area contributed by atoms with Gasteiger partial charge in [-0.05, 0) is 70.4 Å². The van der Waals surface area contributed by atoms with Crippen LogP contribution in [-0.2, 0) is 28.7 Å². The molecule has 0 bridgehead atoms. The highest BCUT2D eigenvalue weighted by Gasteiger charge is 2.38. The van der Waals surface area contributed by atoms with E-state index in [2.05, 4.69) is 9.72 Å². The van der Waals surface area contributed by atoms with E-state index < -0.39 is 23.4 Å². The fraction of sp³-hybridized carbons (Fsp3) is 0.467. The molecule has 0 fully saturated rings. The number of alkyl halides is 3. The Kier molecular flexibility index (Phi) is 8.65. The van der Waals surface area contributed by atoms with E-state index in [4.69, 9.17) is 18.7 Å². The lowest BCUT2D eigenvalue weighted by atomic mass is 10.0. The fourth-order valence-corrected chi connectivity index (χ4v) is 4.49. The Hall–Kier alpha value is -3.69. The number of fused-ring (bicyclic) bond motifs is 2. The second-order valence-electron chi connectivity index (χ2n) is 10.3. The van der Waals surface area contributed by atoms with Gasteiger partial charge in [0.05, 0.1) is 23.6 Å². The van der Waals surface area contributed by atoms with Crippen molar-refractivity contribution in [1.82, 2.24) is 9.72 Å². The summed E-state index contributed by atoms with van der Waals surface area (Å²) in [6.07, 6.45) is -0.248. The standard InChI is InChI=1S/C30H35F3N2O5/c1-6-10-21-24(14-13-22-26(21)40-34-27(22)30(31,32)33)37-18-9-16-35-17-15-20-23(35)11-8-12-25(20)39-29(4,5)28(36)38-19(3)7-2/h8,11-15,17,19H,6-7,9-10,16,18H2,1-5H3. The molecule has 7 nitrogen and oxygen atoms in total. The first-order valence-electron chi connectivity index (χ1n) is 13.6. The normalized spacial score (nSPS) is 13.1. The Morgan fingerprint density at radius 2 is 1.85 bits per heavy atom. The molecule has 0 aliphatic rings. The number of hydrogen-bond acceptors (Lipinski definition) is 6. The molecule has 0 spiro atoms. The average Bonchev–Trinajstić information content (AvgIpc) is 3.52. The van der Waals surface area contributed by atoms with Crippen molar-refractivity contribution in [2.45, 2.75) is 84.7 Å². The maximum absolute atomic E-state index is 13.3. The van der Waals surface area contributed by atoms with E-state index in [0.717, 1.165) is 17.3 Å². The number of benzene rings is 2. The van der Waals surface area contributed by atoms with Crippen LogP contribution in [0.1, 0.15) is 65.1 Å². The monoisotopic (exact) mass is 560 g/mol. The molecular weight excluding hydrogens is 525 g/mol. The highest BCUT2D eigenvalue weighted by Crippen LogP contribution is 2.38. The Morgan fingerprint density at radius 1 is 1.07 bits per heavy atom. The Labute approximate surface area is 231 Å². The Bertz CT molecular complexity index is 1470. The van der Waals surface area contributed by atoms with Gasteiger partial charge in [0, 0.05) is 23.7 Å². The van der Waals surface area contributed by atoms with Gasteiger partial charge in [-0.2, -0.15) is 13.2 Å². The second kappa shape index (κ2) is 11.8. The van der Waals surface area contributed by atoms with Crippen molar-refractivity contribution in [3.05, 3.63) is 53.9 Å². The number of rotatable bonds is 12. The maximum Gasteiger partial charge on any atom is 0.437 e. The summed E-state index contributed by atoms with van der Waals surface area (Å²) in [4.78, 5) is 12.6. The minimum atomic E-state index is -4.59. The summed E-state index contributed by atoms with van der Waals surface area (Å²) in [5.74, 6) is 0.663. The molecule has 1 atom stereocenters. The molecule has 0 aliphatic carbocycles. The van der Waals surface area contributed by atoms with E-state index in [-0.39, 0.29) is 17.1 Å². The zero-order chi connectivity index (χ0) is 29.1. The van der Waals surface area contributed by atoms with Gasteiger partial charge in [0.2, 0.25) is 0 Å². The molecule has 2 heterocycles. The summed E-state index contributed by atoms with van der Waals surface area (Å²) in [6, 6.07) is 10.5. The van der Waals surface area contributed by atoms with Crippen LogP contribution in [0.15, 0.2) is 47.1 Å². The van der Waals surface area contributed by atoms with E-state index in [1.165, 1.54) is 6.07 Å². The molecule has 4 aromatic rings. The molecule has 0 saturated carbocycles. The molecule has 0 saturated heterocycles. The Balaban J connectivity index is 1.44. The van der Waals surface area contributed by atoms with E-state index >= 15 is 0 Å². The summed E-state index contributed by atoms with van der Waals surface area (Å²) in [7, 11) is 0. The predicted molar refractivity (Wildman–Crippen MR) is 146 cm³/mol. The number of aromatic nitrogens is 2. The third kappa shape index (κ3) is 6.21. The number of halogens is 3. The van der Waals surface area contributed by atoms with Gasteiger partial charge in [-0.3, -0.25) is 0 Å². The smallest absolute Gasteiger partial charge is 0.437 e. The molecule has 0 amide bonds. The van der Waals surface area contributed by atoms with Crippen LogP contribution >= 0.6 is 0 Å². The molecule has 216 valence electrons. The van der Waals surface area contributed by atoms with Crippen LogP contribution in [0.25, 0.3) is 21.9 Å². The minimum Gasteiger partial charge on any atom is -0.493 e. The van der Waals surface area contributed by atoms with Crippen LogP contribution in [0.3, 0.4) is 0 Å².